The lowest BCUT2D eigenvalue weighted by Crippen LogP contribution is -1.88. The maximum absolute atomic E-state index is 5.67. The second kappa shape index (κ2) is 5.04. The summed E-state index contributed by atoms with van der Waals surface area (Å²) in [6.45, 7) is 0. The number of allylic oxidation sites excluding steroid dienone is 1. The Kier molecular flexibility index (Phi) is 3.47. The average Bonchev–Trinajstić information content (AvgIpc) is 2.35. The Morgan fingerprint density at radius 1 is 1.19 bits per heavy atom. The van der Waals surface area contributed by atoms with Crippen molar-refractivity contribution in [3.8, 4) is 5.75 Å². The van der Waals surface area contributed by atoms with E-state index in [0.717, 1.165) is 11.3 Å². The number of fused-ring (bicyclic) bond motifs is 1. The number of methoxy groups -OCH3 is 1. The van der Waals surface area contributed by atoms with Gasteiger partial charge in [0.05, 0.1) is 7.11 Å². The molecule has 0 heterocycles. The molecule has 2 aromatic carbocycles. The molecular formula is C14H13ClO. The normalized spacial score (nSPS) is 11.1. The first-order valence-electron chi connectivity index (χ1n) is 5.15. The fourth-order valence-electron chi connectivity index (χ4n) is 1.79. The van der Waals surface area contributed by atoms with Gasteiger partial charge in [-0.25, -0.2) is 0 Å². The highest BCUT2D eigenvalue weighted by Gasteiger charge is 2.04. The zero-order valence-electron chi connectivity index (χ0n) is 9.11. The molecule has 2 rings (SSSR count). The van der Waals surface area contributed by atoms with E-state index in [2.05, 4.69) is 18.2 Å². The molecule has 2 heteroatoms. The Bertz CT molecular complexity index is 517. The molecule has 0 amide bonds. The van der Waals surface area contributed by atoms with Crippen molar-refractivity contribution in [3.63, 3.8) is 0 Å². The van der Waals surface area contributed by atoms with Gasteiger partial charge in [-0.3, -0.25) is 0 Å². The molecule has 0 aliphatic rings. The van der Waals surface area contributed by atoms with E-state index >= 15 is 0 Å². The molecule has 0 saturated carbocycles. The van der Waals surface area contributed by atoms with Crippen molar-refractivity contribution in [2.24, 2.45) is 0 Å². The van der Waals surface area contributed by atoms with Crippen LogP contribution in [0, 0.1) is 0 Å². The summed E-state index contributed by atoms with van der Waals surface area (Å²) in [6.07, 6.45) is 3.93. The van der Waals surface area contributed by atoms with E-state index < -0.39 is 0 Å². The zero-order chi connectivity index (χ0) is 11.4. The van der Waals surface area contributed by atoms with Crippen molar-refractivity contribution in [2.75, 3.05) is 13.0 Å². The number of alkyl halides is 1. The van der Waals surface area contributed by atoms with Crippen molar-refractivity contribution in [2.45, 2.75) is 0 Å². The number of halogens is 1. The van der Waals surface area contributed by atoms with Crippen LogP contribution in [0.1, 0.15) is 5.56 Å². The highest BCUT2D eigenvalue weighted by atomic mass is 35.5. The average molecular weight is 233 g/mol. The largest absolute Gasteiger partial charge is 0.496 e. The van der Waals surface area contributed by atoms with Gasteiger partial charge >= 0.3 is 0 Å². The van der Waals surface area contributed by atoms with E-state index in [1.165, 1.54) is 10.8 Å². The maximum atomic E-state index is 5.67. The minimum Gasteiger partial charge on any atom is -0.496 e. The molecule has 0 aromatic heterocycles. The lowest BCUT2D eigenvalue weighted by molar-refractivity contribution is 0.414. The van der Waals surface area contributed by atoms with Crippen LogP contribution in [-0.2, 0) is 0 Å². The summed E-state index contributed by atoms with van der Waals surface area (Å²) in [5.74, 6) is 1.38. The van der Waals surface area contributed by atoms with Crippen LogP contribution in [0.3, 0.4) is 0 Å². The second-order valence-corrected chi connectivity index (χ2v) is 3.77. The number of hydrogen-bond donors (Lipinski definition) is 0. The molecule has 0 atom stereocenters. The van der Waals surface area contributed by atoms with Gasteiger partial charge in [0.2, 0.25) is 0 Å². The van der Waals surface area contributed by atoms with Crippen molar-refractivity contribution >= 4 is 28.4 Å². The van der Waals surface area contributed by atoms with Gasteiger partial charge in [0.1, 0.15) is 5.75 Å². The lowest BCUT2D eigenvalue weighted by Gasteiger charge is -2.08. The predicted molar refractivity (Wildman–Crippen MR) is 70.3 cm³/mol. The van der Waals surface area contributed by atoms with Crippen LogP contribution in [0.2, 0.25) is 0 Å². The highest BCUT2D eigenvalue weighted by Crippen LogP contribution is 2.28. The molecule has 2 aromatic rings. The van der Waals surface area contributed by atoms with Gasteiger partial charge in [-0.2, -0.15) is 0 Å². The van der Waals surface area contributed by atoms with Crippen LogP contribution in [0.5, 0.6) is 5.75 Å². The van der Waals surface area contributed by atoms with E-state index in [9.17, 15) is 0 Å². The van der Waals surface area contributed by atoms with E-state index in [4.69, 9.17) is 16.3 Å². The fraction of sp³-hybridized carbons (Fsp3) is 0.143. The van der Waals surface area contributed by atoms with Gasteiger partial charge in [-0.15, -0.1) is 11.6 Å². The molecule has 0 aliphatic carbocycles. The first kappa shape index (κ1) is 11.0. The van der Waals surface area contributed by atoms with Gasteiger partial charge in [0, 0.05) is 11.4 Å². The first-order chi connectivity index (χ1) is 7.86. The summed E-state index contributed by atoms with van der Waals surface area (Å²) in [4.78, 5) is 0. The molecular weight excluding hydrogens is 220 g/mol. The van der Waals surface area contributed by atoms with Crippen LogP contribution >= 0.6 is 11.6 Å². The summed E-state index contributed by atoms with van der Waals surface area (Å²) in [7, 11) is 1.68. The van der Waals surface area contributed by atoms with Gasteiger partial charge in [-0.05, 0) is 16.8 Å². The maximum Gasteiger partial charge on any atom is 0.126 e. The minimum atomic E-state index is 0.506. The summed E-state index contributed by atoms with van der Waals surface area (Å²) < 4.78 is 5.36. The number of rotatable bonds is 3. The van der Waals surface area contributed by atoms with Crippen molar-refractivity contribution in [1.29, 1.82) is 0 Å². The Balaban J connectivity index is 2.68. The Morgan fingerprint density at radius 3 is 2.75 bits per heavy atom. The summed E-state index contributed by atoms with van der Waals surface area (Å²) in [5.41, 5.74) is 1.08. The zero-order valence-corrected chi connectivity index (χ0v) is 9.87. The second-order valence-electron chi connectivity index (χ2n) is 3.46. The van der Waals surface area contributed by atoms with Crippen molar-refractivity contribution < 1.29 is 4.74 Å². The van der Waals surface area contributed by atoms with Crippen molar-refractivity contribution in [1.82, 2.24) is 0 Å². The van der Waals surface area contributed by atoms with E-state index in [0.29, 0.717) is 5.88 Å². The Hall–Kier alpha value is -1.47. The summed E-state index contributed by atoms with van der Waals surface area (Å²) in [6, 6.07) is 12.3. The fourth-order valence-corrected chi connectivity index (χ4v) is 1.88. The molecule has 0 saturated heterocycles. The standard InChI is InChI=1S/C14H13ClO/c1-16-14-9-8-11-5-2-3-6-12(11)13(14)7-4-10-15/h2-9H,10H2,1H3. The summed E-state index contributed by atoms with van der Waals surface area (Å²) >= 11 is 5.67. The van der Waals surface area contributed by atoms with Crippen molar-refractivity contribution in [3.05, 3.63) is 48.0 Å². The van der Waals surface area contributed by atoms with E-state index in [-0.39, 0.29) is 0 Å². The molecule has 0 radical (unpaired) electrons. The van der Waals surface area contributed by atoms with E-state index in [1.54, 1.807) is 7.11 Å². The van der Waals surface area contributed by atoms with E-state index in [1.807, 2.05) is 30.4 Å². The number of ether oxygens (including phenoxy) is 1. The van der Waals surface area contributed by atoms with Gasteiger partial charge in [-0.1, -0.05) is 42.5 Å². The smallest absolute Gasteiger partial charge is 0.126 e. The molecule has 82 valence electrons. The molecule has 0 bridgehead atoms. The molecule has 0 fully saturated rings. The molecule has 1 nitrogen and oxygen atoms in total. The highest BCUT2D eigenvalue weighted by molar-refractivity contribution is 6.19. The molecule has 0 spiro atoms. The minimum absolute atomic E-state index is 0.506. The molecule has 0 N–H and O–H groups in total. The van der Waals surface area contributed by atoms with Gasteiger partial charge in [0.25, 0.3) is 0 Å². The topological polar surface area (TPSA) is 9.23 Å². The lowest BCUT2D eigenvalue weighted by atomic mass is 10.0. The number of benzene rings is 2. The molecule has 16 heavy (non-hydrogen) atoms. The van der Waals surface area contributed by atoms with Crippen LogP contribution in [-0.4, -0.2) is 13.0 Å². The Morgan fingerprint density at radius 2 is 2.00 bits per heavy atom. The van der Waals surface area contributed by atoms with Gasteiger partial charge in [0.15, 0.2) is 0 Å². The third kappa shape index (κ3) is 2.05. The van der Waals surface area contributed by atoms with Crippen LogP contribution in [0.4, 0.5) is 0 Å². The first-order valence-corrected chi connectivity index (χ1v) is 5.68. The van der Waals surface area contributed by atoms with Crippen LogP contribution < -0.4 is 4.74 Å². The number of hydrogen-bond acceptors (Lipinski definition) is 1. The predicted octanol–water partition coefficient (Wildman–Crippen LogP) is 4.10. The summed E-state index contributed by atoms with van der Waals surface area (Å²) in [5, 5.41) is 2.39. The molecule has 0 aliphatic heterocycles. The molecule has 0 unspecified atom stereocenters. The quantitative estimate of drug-likeness (QED) is 0.724. The SMILES string of the molecule is COc1ccc2ccccc2c1C=CCCl. The monoisotopic (exact) mass is 232 g/mol. The van der Waals surface area contributed by atoms with Crippen LogP contribution in [0.15, 0.2) is 42.5 Å². The van der Waals surface area contributed by atoms with Gasteiger partial charge < -0.3 is 4.74 Å². The van der Waals surface area contributed by atoms with Crippen LogP contribution in [0.25, 0.3) is 16.8 Å². The third-order valence-corrected chi connectivity index (χ3v) is 2.70. The third-order valence-electron chi connectivity index (χ3n) is 2.52. The Labute approximate surface area is 100 Å².